The number of nitrogens with two attached hydrogens (primary N) is 1. The first kappa shape index (κ1) is 11.9. The van der Waals surface area contributed by atoms with Crippen LogP contribution in [0.3, 0.4) is 0 Å². The Morgan fingerprint density at radius 1 is 1.29 bits per heavy atom. The lowest BCUT2D eigenvalue weighted by molar-refractivity contribution is 0.970. The Hall–Kier alpha value is -1.53. The van der Waals surface area contributed by atoms with E-state index in [2.05, 4.69) is 27.3 Å². The van der Waals surface area contributed by atoms with Gasteiger partial charge in [0.05, 0.1) is 0 Å². The Balaban J connectivity index is 2.55. The number of nitrogen functional groups attached to an aromatic ring is 1. The predicted octanol–water partition coefficient (Wildman–Crippen LogP) is 2.06. The van der Waals surface area contributed by atoms with Crippen LogP contribution in [-0.2, 0) is 6.42 Å². The lowest BCUT2D eigenvalue weighted by atomic mass is 10.2. The molecule has 90 valence electrons. The highest BCUT2D eigenvalue weighted by Gasteiger charge is 2.12. The molecule has 0 radical (unpaired) electrons. The fourth-order valence-corrected chi connectivity index (χ4v) is 2.33. The molecule has 0 aliphatic heterocycles. The van der Waals surface area contributed by atoms with Gasteiger partial charge in [-0.2, -0.15) is 0 Å². The van der Waals surface area contributed by atoms with Crippen molar-refractivity contribution in [1.29, 1.82) is 0 Å². The number of hydrogen-bond donors (Lipinski definition) is 2. The summed E-state index contributed by atoms with van der Waals surface area (Å²) in [6, 6.07) is 0. The first-order chi connectivity index (χ1) is 8.15. The third kappa shape index (κ3) is 2.27. The normalized spacial score (nSPS) is 10.6. The van der Waals surface area contributed by atoms with Crippen molar-refractivity contribution >= 4 is 17.2 Å². The Bertz CT molecular complexity index is 509. The van der Waals surface area contributed by atoms with E-state index in [1.54, 1.807) is 11.3 Å². The predicted molar refractivity (Wildman–Crippen MR) is 69.8 cm³/mol. The molecule has 2 heterocycles. The molecular weight excluding hydrogens is 234 g/mol. The number of anilines is 1. The summed E-state index contributed by atoms with van der Waals surface area (Å²) in [5, 5.41) is 2.81. The molecule has 3 N–H and O–H groups in total. The van der Waals surface area contributed by atoms with Crippen LogP contribution in [0, 0.1) is 13.8 Å². The lowest BCUT2D eigenvalue weighted by Gasteiger charge is -2.09. The second-order valence-electron chi connectivity index (χ2n) is 3.76. The summed E-state index contributed by atoms with van der Waals surface area (Å²) < 4.78 is 0. The van der Waals surface area contributed by atoms with Gasteiger partial charge in [-0.1, -0.05) is 6.92 Å². The van der Waals surface area contributed by atoms with Crippen molar-refractivity contribution in [3.05, 3.63) is 22.3 Å². The highest BCUT2D eigenvalue weighted by atomic mass is 32.1. The Labute approximate surface area is 104 Å². The second-order valence-corrected chi connectivity index (χ2v) is 4.62. The number of aromatic nitrogens is 3. The standard InChI is InChI=1S/C11H15N5S/c1-4-8-7(3)9(16-12)15-10(14-8)11-13-6(2)5-17-11/h5H,4,12H2,1-3H3,(H,14,15,16). The fraction of sp³-hybridized carbons (Fsp3) is 0.364. The molecule has 0 atom stereocenters. The molecule has 17 heavy (non-hydrogen) atoms. The molecular formula is C11H15N5S. The molecule has 0 amide bonds. The minimum absolute atomic E-state index is 0.638. The number of nitrogens with zero attached hydrogens (tertiary/aromatic N) is 3. The molecule has 2 aromatic rings. The van der Waals surface area contributed by atoms with Gasteiger partial charge in [0.1, 0.15) is 5.82 Å². The van der Waals surface area contributed by atoms with Crippen molar-refractivity contribution in [2.75, 3.05) is 5.43 Å². The van der Waals surface area contributed by atoms with Gasteiger partial charge in [0.25, 0.3) is 0 Å². The third-order valence-electron chi connectivity index (χ3n) is 2.53. The zero-order chi connectivity index (χ0) is 12.4. The van der Waals surface area contributed by atoms with E-state index >= 15 is 0 Å². The lowest BCUT2D eigenvalue weighted by Crippen LogP contribution is -2.13. The minimum Gasteiger partial charge on any atom is -0.308 e. The molecule has 0 aromatic carbocycles. The van der Waals surface area contributed by atoms with E-state index in [-0.39, 0.29) is 0 Å². The quantitative estimate of drug-likeness (QED) is 0.643. The largest absolute Gasteiger partial charge is 0.308 e. The Morgan fingerprint density at radius 2 is 2.06 bits per heavy atom. The average Bonchev–Trinajstić information content (AvgIpc) is 2.76. The maximum atomic E-state index is 5.47. The Kier molecular flexibility index (Phi) is 3.35. The van der Waals surface area contributed by atoms with E-state index in [9.17, 15) is 0 Å². The zero-order valence-electron chi connectivity index (χ0n) is 10.1. The number of rotatable bonds is 3. The first-order valence-electron chi connectivity index (χ1n) is 5.42. The number of hydrazine groups is 1. The summed E-state index contributed by atoms with van der Waals surface area (Å²) in [6.45, 7) is 5.98. The Morgan fingerprint density at radius 3 is 2.59 bits per heavy atom. The number of aryl methyl sites for hydroxylation is 2. The van der Waals surface area contributed by atoms with Gasteiger partial charge in [-0.25, -0.2) is 20.8 Å². The van der Waals surface area contributed by atoms with Gasteiger partial charge in [-0.05, 0) is 20.3 Å². The summed E-state index contributed by atoms with van der Waals surface area (Å²) in [5.41, 5.74) is 5.58. The van der Waals surface area contributed by atoms with Crippen molar-refractivity contribution in [2.24, 2.45) is 5.84 Å². The third-order valence-corrected chi connectivity index (χ3v) is 3.48. The van der Waals surface area contributed by atoms with Crippen molar-refractivity contribution < 1.29 is 0 Å². The highest BCUT2D eigenvalue weighted by molar-refractivity contribution is 7.13. The van der Waals surface area contributed by atoms with Gasteiger partial charge in [-0.3, -0.25) is 0 Å². The molecule has 0 bridgehead atoms. The summed E-state index contributed by atoms with van der Waals surface area (Å²) in [7, 11) is 0. The van der Waals surface area contributed by atoms with Gasteiger partial charge in [0.15, 0.2) is 10.8 Å². The van der Waals surface area contributed by atoms with Gasteiger partial charge in [0.2, 0.25) is 0 Å². The summed E-state index contributed by atoms with van der Waals surface area (Å²) in [5.74, 6) is 6.77. The van der Waals surface area contributed by atoms with Gasteiger partial charge < -0.3 is 5.43 Å². The molecule has 6 heteroatoms. The maximum Gasteiger partial charge on any atom is 0.190 e. The molecule has 5 nitrogen and oxygen atoms in total. The molecule has 2 rings (SSSR count). The van der Waals surface area contributed by atoms with Crippen molar-refractivity contribution in [2.45, 2.75) is 27.2 Å². The van der Waals surface area contributed by atoms with E-state index in [0.717, 1.165) is 28.4 Å². The zero-order valence-corrected chi connectivity index (χ0v) is 10.9. The van der Waals surface area contributed by atoms with E-state index in [0.29, 0.717) is 11.6 Å². The van der Waals surface area contributed by atoms with Crippen LogP contribution in [0.5, 0.6) is 0 Å². The topological polar surface area (TPSA) is 76.7 Å². The van der Waals surface area contributed by atoms with Crippen LogP contribution in [0.4, 0.5) is 5.82 Å². The van der Waals surface area contributed by atoms with Crippen LogP contribution < -0.4 is 11.3 Å². The van der Waals surface area contributed by atoms with Crippen LogP contribution in [0.25, 0.3) is 10.8 Å². The number of nitrogens with one attached hydrogen (secondary N) is 1. The molecule has 0 aliphatic carbocycles. The van der Waals surface area contributed by atoms with Crippen LogP contribution in [0.15, 0.2) is 5.38 Å². The summed E-state index contributed by atoms with van der Waals surface area (Å²) in [4.78, 5) is 13.3. The molecule has 0 fully saturated rings. The number of thiazole rings is 1. The molecule has 0 aliphatic rings. The van der Waals surface area contributed by atoms with Crippen LogP contribution >= 0.6 is 11.3 Å². The van der Waals surface area contributed by atoms with Crippen molar-refractivity contribution in [3.8, 4) is 10.8 Å². The fourth-order valence-electron chi connectivity index (χ4n) is 1.60. The SMILES string of the molecule is CCc1nc(-c2nc(C)cs2)nc(NN)c1C. The van der Waals surface area contributed by atoms with Crippen molar-refractivity contribution in [3.63, 3.8) is 0 Å². The van der Waals surface area contributed by atoms with E-state index in [1.807, 2.05) is 19.2 Å². The van der Waals surface area contributed by atoms with Gasteiger partial charge in [0, 0.05) is 22.3 Å². The van der Waals surface area contributed by atoms with Gasteiger partial charge >= 0.3 is 0 Å². The molecule has 0 spiro atoms. The van der Waals surface area contributed by atoms with Crippen LogP contribution in [0.2, 0.25) is 0 Å². The van der Waals surface area contributed by atoms with Crippen LogP contribution in [-0.4, -0.2) is 15.0 Å². The summed E-state index contributed by atoms with van der Waals surface area (Å²) in [6.07, 6.45) is 0.848. The first-order valence-corrected chi connectivity index (χ1v) is 6.30. The molecule has 0 saturated heterocycles. The van der Waals surface area contributed by atoms with E-state index in [1.165, 1.54) is 0 Å². The number of hydrogen-bond acceptors (Lipinski definition) is 6. The molecule has 2 aromatic heterocycles. The monoisotopic (exact) mass is 249 g/mol. The minimum atomic E-state index is 0.638. The molecule has 0 unspecified atom stereocenters. The average molecular weight is 249 g/mol. The van der Waals surface area contributed by atoms with Crippen LogP contribution in [0.1, 0.15) is 23.9 Å². The van der Waals surface area contributed by atoms with Crippen molar-refractivity contribution in [1.82, 2.24) is 15.0 Å². The smallest absolute Gasteiger partial charge is 0.190 e. The van der Waals surface area contributed by atoms with Gasteiger partial charge in [-0.15, -0.1) is 11.3 Å². The van der Waals surface area contributed by atoms with E-state index in [4.69, 9.17) is 5.84 Å². The maximum absolute atomic E-state index is 5.47. The molecule has 0 saturated carbocycles. The highest BCUT2D eigenvalue weighted by Crippen LogP contribution is 2.24. The summed E-state index contributed by atoms with van der Waals surface area (Å²) >= 11 is 1.54. The second kappa shape index (κ2) is 4.77. The van der Waals surface area contributed by atoms with E-state index < -0.39 is 0 Å².